The number of nitrogens with zero attached hydrogens (tertiary/aromatic N) is 2. The molecule has 0 radical (unpaired) electrons. The second-order valence-corrected chi connectivity index (χ2v) is 14.6. The van der Waals surface area contributed by atoms with E-state index >= 15 is 0 Å². The van der Waals surface area contributed by atoms with Crippen molar-refractivity contribution >= 4 is 76.4 Å². The number of oxazole rings is 1. The molecule has 0 unspecified atom stereocenters. The van der Waals surface area contributed by atoms with E-state index in [9.17, 15) is 0 Å². The molecule has 0 N–H and O–H groups in total. The van der Waals surface area contributed by atoms with Gasteiger partial charge in [-0.05, 0) is 92.5 Å². The largest absolute Gasteiger partial charge is 0.455 e. The topological polar surface area (TPSA) is 44.1 Å². The Bertz CT molecular complexity index is 3600. The molecule has 1 aliphatic carbocycles. The molecule has 0 atom stereocenters. The van der Waals surface area contributed by atoms with Crippen LogP contribution in [0.25, 0.3) is 127 Å². The Balaban J connectivity index is 1.17. The predicted molar refractivity (Wildman–Crippen MR) is 226 cm³/mol. The van der Waals surface area contributed by atoms with Crippen LogP contribution in [0, 0.1) is 0 Å². The molecule has 4 heteroatoms. The number of rotatable bonds is 3. The van der Waals surface area contributed by atoms with Crippen molar-refractivity contribution in [3.8, 4) is 50.5 Å². The molecule has 13 rings (SSSR count). The Labute approximate surface area is 314 Å². The molecule has 0 fully saturated rings. The molecule has 0 saturated carbocycles. The van der Waals surface area contributed by atoms with Crippen LogP contribution in [-0.4, -0.2) is 9.55 Å². The fourth-order valence-electron chi connectivity index (χ4n) is 9.34. The molecule has 1 aliphatic rings. The number of fused-ring (bicyclic) bond motifs is 9. The maximum atomic E-state index is 6.87. The van der Waals surface area contributed by atoms with Crippen molar-refractivity contribution in [2.45, 2.75) is 0 Å². The van der Waals surface area contributed by atoms with Crippen LogP contribution in [0.4, 0.5) is 0 Å². The first-order chi connectivity index (χ1) is 27.3. The van der Waals surface area contributed by atoms with Gasteiger partial charge in [-0.3, -0.25) is 0 Å². The molecule has 3 aromatic heterocycles. The summed E-state index contributed by atoms with van der Waals surface area (Å²) in [5.74, 6) is 0.614. The van der Waals surface area contributed by atoms with E-state index in [1.807, 2.05) is 30.3 Å². The summed E-state index contributed by atoms with van der Waals surface area (Å²) in [7, 11) is 0. The summed E-state index contributed by atoms with van der Waals surface area (Å²) in [6.45, 7) is 0. The minimum Gasteiger partial charge on any atom is -0.455 e. The third-order valence-electron chi connectivity index (χ3n) is 11.7. The van der Waals surface area contributed by atoms with Gasteiger partial charge < -0.3 is 13.4 Å². The van der Waals surface area contributed by atoms with Gasteiger partial charge in [0, 0.05) is 44.1 Å². The average Bonchev–Trinajstić information content (AvgIpc) is 3.92. The average molecular weight is 701 g/mol. The molecule has 254 valence electrons. The lowest BCUT2D eigenvalue weighted by molar-refractivity contribution is 0.620. The highest BCUT2D eigenvalue weighted by atomic mass is 16.3. The smallest absolute Gasteiger partial charge is 0.227 e. The molecule has 0 bridgehead atoms. The van der Waals surface area contributed by atoms with E-state index < -0.39 is 0 Å². The number of hydrogen-bond donors (Lipinski definition) is 0. The highest BCUT2D eigenvalue weighted by Crippen LogP contribution is 2.51. The minimum absolute atomic E-state index is 0.614. The van der Waals surface area contributed by atoms with E-state index in [0.717, 1.165) is 77.2 Å². The molecule has 0 amide bonds. The highest BCUT2D eigenvalue weighted by Gasteiger charge is 2.26. The van der Waals surface area contributed by atoms with Gasteiger partial charge in [-0.2, -0.15) is 0 Å². The summed E-state index contributed by atoms with van der Waals surface area (Å²) in [4.78, 5) is 4.87. The third-order valence-corrected chi connectivity index (χ3v) is 11.7. The van der Waals surface area contributed by atoms with Gasteiger partial charge in [-0.1, -0.05) is 115 Å². The van der Waals surface area contributed by atoms with Gasteiger partial charge in [0.05, 0.1) is 16.7 Å². The monoisotopic (exact) mass is 700 g/mol. The van der Waals surface area contributed by atoms with Crippen molar-refractivity contribution in [1.29, 1.82) is 0 Å². The molecule has 9 aromatic carbocycles. The van der Waals surface area contributed by atoms with Gasteiger partial charge in [0.15, 0.2) is 5.58 Å². The standard InChI is InChI=1S/C51H28N2O2/c1-2-11-31(12-3-1)51-52-41-24-21-32(26-46(41)55-51)39-27-40-38-23-20-29-10-4-5-14-33(29)50(38)54-45(40)28-44(39)53-42-19-9-18-37-35-16-7-6-15-34(35)36-17-8-13-30-22-25-43(53)49(47(30)36)48(37)42/h1-28H. The molecule has 12 aromatic rings. The lowest BCUT2D eigenvalue weighted by Gasteiger charge is -2.16. The van der Waals surface area contributed by atoms with Gasteiger partial charge >= 0.3 is 0 Å². The molecule has 55 heavy (non-hydrogen) atoms. The maximum Gasteiger partial charge on any atom is 0.227 e. The maximum absolute atomic E-state index is 6.87. The normalized spacial score (nSPS) is 12.4. The Kier molecular flexibility index (Phi) is 5.60. The minimum atomic E-state index is 0.614. The summed E-state index contributed by atoms with van der Waals surface area (Å²) < 4.78 is 15.8. The van der Waals surface area contributed by atoms with Crippen LogP contribution in [0.1, 0.15) is 0 Å². The zero-order chi connectivity index (χ0) is 35.8. The van der Waals surface area contributed by atoms with E-state index in [1.54, 1.807) is 0 Å². The summed E-state index contributed by atoms with van der Waals surface area (Å²) in [6.07, 6.45) is 0. The second-order valence-electron chi connectivity index (χ2n) is 14.6. The zero-order valence-electron chi connectivity index (χ0n) is 29.4. The number of hydrogen-bond acceptors (Lipinski definition) is 3. The van der Waals surface area contributed by atoms with Crippen LogP contribution >= 0.6 is 0 Å². The SMILES string of the molecule is c1ccc(-c2nc3ccc(-c4cc5c(cc4-n4c6cccc7c6c6c8c(cccc8ccc64)-c4ccccc4-7)oc4c6ccccc6ccc54)cc3o2)cc1. The van der Waals surface area contributed by atoms with E-state index in [1.165, 1.54) is 43.8 Å². The van der Waals surface area contributed by atoms with Gasteiger partial charge in [0.25, 0.3) is 0 Å². The van der Waals surface area contributed by atoms with Crippen LogP contribution in [0.5, 0.6) is 0 Å². The van der Waals surface area contributed by atoms with Crippen LogP contribution in [0.2, 0.25) is 0 Å². The van der Waals surface area contributed by atoms with Crippen LogP contribution in [-0.2, 0) is 0 Å². The quantitative estimate of drug-likeness (QED) is 0.184. The summed E-state index contributed by atoms with van der Waals surface area (Å²) in [6, 6.07) is 60.8. The van der Waals surface area contributed by atoms with Crippen molar-refractivity contribution < 1.29 is 8.83 Å². The number of benzene rings is 9. The van der Waals surface area contributed by atoms with Gasteiger partial charge in [-0.15, -0.1) is 0 Å². The third kappa shape index (κ3) is 3.92. The van der Waals surface area contributed by atoms with E-state index in [4.69, 9.17) is 13.8 Å². The van der Waals surface area contributed by atoms with Crippen molar-refractivity contribution in [2.75, 3.05) is 0 Å². The summed E-state index contributed by atoms with van der Waals surface area (Å²) in [5.41, 5.74) is 14.8. The number of aromatic nitrogens is 2. The first kappa shape index (κ1) is 29.1. The van der Waals surface area contributed by atoms with E-state index in [0.29, 0.717) is 5.89 Å². The lowest BCUT2D eigenvalue weighted by atomic mass is 9.93. The molecular formula is C51H28N2O2. The fourth-order valence-corrected chi connectivity index (χ4v) is 9.34. The molecule has 0 saturated heterocycles. The predicted octanol–water partition coefficient (Wildman–Crippen LogP) is 14.1. The molecule has 4 nitrogen and oxygen atoms in total. The van der Waals surface area contributed by atoms with Gasteiger partial charge in [0.2, 0.25) is 5.89 Å². The Hall–Kier alpha value is -7.43. The zero-order valence-corrected chi connectivity index (χ0v) is 29.4. The van der Waals surface area contributed by atoms with E-state index in [-0.39, 0.29) is 0 Å². The van der Waals surface area contributed by atoms with E-state index in [2.05, 4.69) is 144 Å². The Morgan fingerprint density at radius 1 is 0.400 bits per heavy atom. The van der Waals surface area contributed by atoms with Crippen LogP contribution in [0.15, 0.2) is 179 Å². The first-order valence-corrected chi connectivity index (χ1v) is 18.7. The van der Waals surface area contributed by atoms with Crippen molar-refractivity contribution in [2.24, 2.45) is 0 Å². The summed E-state index contributed by atoms with van der Waals surface area (Å²) in [5, 5.41) is 9.50. The van der Waals surface area contributed by atoms with Crippen LogP contribution in [0.3, 0.4) is 0 Å². The Morgan fingerprint density at radius 2 is 1.13 bits per heavy atom. The fraction of sp³-hybridized carbons (Fsp3) is 0. The Morgan fingerprint density at radius 3 is 2.02 bits per heavy atom. The first-order valence-electron chi connectivity index (χ1n) is 18.7. The molecule has 0 spiro atoms. The number of furan rings is 1. The van der Waals surface area contributed by atoms with Gasteiger partial charge in [0.1, 0.15) is 16.7 Å². The lowest BCUT2D eigenvalue weighted by Crippen LogP contribution is -1.98. The molecular weight excluding hydrogens is 673 g/mol. The summed E-state index contributed by atoms with van der Waals surface area (Å²) >= 11 is 0. The second kappa shape index (κ2) is 10.6. The molecule has 3 heterocycles. The van der Waals surface area contributed by atoms with Crippen LogP contribution < -0.4 is 0 Å². The van der Waals surface area contributed by atoms with Crippen molar-refractivity contribution in [3.63, 3.8) is 0 Å². The van der Waals surface area contributed by atoms with Gasteiger partial charge in [-0.25, -0.2) is 4.98 Å². The highest BCUT2D eigenvalue weighted by molar-refractivity contribution is 6.30. The van der Waals surface area contributed by atoms with Crippen molar-refractivity contribution in [3.05, 3.63) is 170 Å². The van der Waals surface area contributed by atoms with Crippen molar-refractivity contribution in [1.82, 2.24) is 9.55 Å². The molecule has 0 aliphatic heterocycles.